The van der Waals surface area contributed by atoms with E-state index >= 15 is 13.2 Å². The van der Waals surface area contributed by atoms with E-state index in [1.54, 1.807) is 48.5 Å². The Morgan fingerprint density at radius 2 is 0.939 bits per heavy atom. The number of carbonyl (C=O) groups is 2. The number of ketones is 1. The van der Waals surface area contributed by atoms with Crippen LogP contribution in [0, 0.1) is 0 Å². The van der Waals surface area contributed by atoms with Crippen molar-refractivity contribution in [3.63, 3.8) is 0 Å². The van der Waals surface area contributed by atoms with Crippen LogP contribution in [-0.2, 0) is 19.3 Å². The second-order valence-electron chi connectivity index (χ2n) is 12.0. The van der Waals surface area contributed by atoms with Gasteiger partial charge in [0.05, 0.1) is 0 Å². The third-order valence-electron chi connectivity index (χ3n) is 9.58. The van der Waals surface area contributed by atoms with Crippen LogP contribution in [0.3, 0.4) is 0 Å². The third kappa shape index (κ3) is 3.83. The van der Waals surface area contributed by atoms with Crippen LogP contribution in [0.1, 0.15) is 15.9 Å². The predicted molar refractivity (Wildman–Crippen MR) is 194 cm³/mol. The van der Waals surface area contributed by atoms with Crippen molar-refractivity contribution in [1.29, 1.82) is 0 Å². The van der Waals surface area contributed by atoms with Gasteiger partial charge in [0.25, 0.3) is 0 Å². The van der Waals surface area contributed by atoms with Crippen molar-refractivity contribution in [2.24, 2.45) is 0 Å². The van der Waals surface area contributed by atoms with Crippen LogP contribution < -0.4 is 15.9 Å². The van der Waals surface area contributed by atoms with Crippen molar-refractivity contribution in [2.45, 2.75) is 10.2 Å². The van der Waals surface area contributed by atoms with Gasteiger partial charge in [-0.05, 0) is 0 Å². The number of fused-ring (bicyclic) bond motifs is 1. The Morgan fingerprint density at radius 3 is 1.39 bits per heavy atom. The summed E-state index contributed by atoms with van der Waals surface area (Å²) in [7, 11) is -4.67. The second kappa shape index (κ2) is 11.2. The molecule has 2 heterocycles. The molecule has 1 fully saturated rings. The second-order valence-corrected chi connectivity index (χ2v) is 18.2. The van der Waals surface area contributed by atoms with Gasteiger partial charge in [-0.1, -0.05) is 0 Å². The molecule has 8 heteroatoms. The fraction of sp³-hybridized carbons (Fsp3) is 0.0244. The summed E-state index contributed by atoms with van der Waals surface area (Å²) in [5.74, 6) is -1.17. The van der Waals surface area contributed by atoms with E-state index in [1.807, 2.05) is 121 Å². The van der Waals surface area contributed by atoms with Gasteiger partial charge < -0.3 is 0 Å². The molecule has 6 aromatic carbocycles. The van der Waals surface area contributed by atoms with E-state index in [9.17, 15) is 4.79 Å². The van der Waals surface area contributed by atoms with Crippen LogP contribution in [0.5, 0.6) is 0 Å². The van der Waals surface area contributed by atoms with Gasteiger partial charge in [0.15, 0.2) is 0 Å². The first kappa shape index (κ1) is 30.7. The molecule has 0 saturated carbocycles. The quantitative estimate of drug-likeness (QED) is 0.102. The van der Waals surface area contributed by atoms with E-state index in [0.717, 1.165) is 4.31 Å². The molecule has 6 nitrogen and oxygen atoms in total. The first-order valence-electron chi connectivity index (χ1n) is 15.8. The molecule has 1 saturated heterocycles. The number of benzene rings is 6. The standard InChI is InChI=1S/C41H30NO5PS/c43-39(32-21-9-2-10-22-32)41-37(40(44)42(41)49(45,46)36-29-17-6-18-30-36)38(31-19-7-1-8-20-31)47-48(41,33-23-11-3-12-24-33,34-25-13-4-14-26-34)35-27-15-5-16-28-35/h1-30H. The fourth-order valence-corrected chi connectivity index (χ4v) is 16.8. The Hall–Kier alpha value is -5.62. The maximum absolute atomic E-state index is 16.0. The van der Waals surface area contributed by atoms with Gasteiger partial charge in [0.1, 0.15) is 0 Å². The first-order chi connectivity index (χ1) is 23.9. The van der Waals surface area contributed by atoms with E-state index in [0.29, 0.717) is 21.5 Å². The Labute approximate surface area is 285 Å². The zero-order valence-corrected chi connectivity index (χ0v) is 27.9. The molecular formula is C41H30NO5PS. The SMILES string of the molecule is O=C1C2=C(c3ccccc3)OP(c3ccccc3)(c3ccccc3)(c3ccccc3)C2(C(=O)c2ccccc2)N1S(=O)(=O)c1ccccc1. The number of amides is 1. The van der Waals surface area contributed by atoms with E-state index in [4.69, 9.17) is 4.52 Å². The molecule has 8 rings (SSSR count). The number of hydrogen-bond acceptors (Lipinski definition) is 5. The minimum atomic E-state index is -5.04. The summed E-state index contributed by atoms with van der Waals surface area (Å²) in [6.07, 6.45) is 0. The number of hydrogen-bond donors (Lipinski definition) is 0. The van der Waals surface area contributed by atoms with Gasteiger partial charge in [0, 0.05) is 0 Å². The van der Waals surface area contributed by atoms with Crippen LogP contribution >= 0.6 is 6.83 Å². The van der Waals surface area contributed by atoms with Crippen LogP contribution in [0.25, 0.3) is 5.76 Å². The Bertz CT molecular complexity index is 2250. The molecule has 1 atom stereocenters. The average Bonchev–Trinajstić information content (AvgIpc) is 3.42. The van der Waals surface area contributed by atoms with E-state index in [1.165, 1.54) is 12.1 Å². The third-order valence-corrected chi connectivity index (χ3v) is 17.8. The summed E-state index contributed by atoms with van der Waals surface area (Å²) in [5.41, 5.74) is 0.818. The summed E-state index contributed by atoms with van der Waals surface area (Å²) in [6, 6.07) is 53.6. The minimum absolute atomic E-state index is 0.0151. The van der Waals surface area contributed by atoms with Crippen molar-refractivity contribution in [2.75, 3.05) is 0 Å². The van der Waals surface area contributed by atoms with Crippen molar-refractivity contribution in [3.05, 3.63) is 199 Å². The van der Waals surface area contributed by atoms with Gasteiger partial charge >= 0.3 is 286 Å². The monoisotopic (exact) mass is 679 g/mol. The van der Waals surface area contributed by atoms with E-state index in [-0.39, 0.29) is 21.8 Å². The molecular weight excluding hydrogens is 649 g/mol. The number of β-lactam (4-membered cyclic amide) rings is 1. The van der Waals surface area contributed by atoms with Crippen LogP contribution in [0.15, 0.2) is 192 Å². The molecule has 2 aliphatic rings. The zero-order valence-electron chi connectivity index (χ0n) is 26.2. The zero-order chi connectivity index (χ0) is 33.7. The molecule has 49 heavy (non-hydrogen) atoms. The number of rotatable bonds is 8. The van der Waals surface area contributed by atoms with Crippen molar-refractivity contribution in [3.8, 4) is 0 Å². The van der Waals surface area contributed by atoms with Crippen molar-refractivity contribution in [1.82, 2.24) is 4.31 Å². The summed E-state index contributed by atoms with van der Waals surface area (Å²) < 4.78 is 38.9. The molecule has 0 radical (unpaired) electrons. The predicted octanol–water partition coefficient (Wildman–Crippen LogP) is 6.68. The Kier molecular flexibility index (Phi) is 7.04. The van der Waals surface area contributed by atoms with Gasteiger partial charge in [-0.25, -0.2) is 0 Å². The number of Topliss-reactive ketones (excluding diaryl/α,β-unsaturated/α-hetero) is 1. The molecule has 0 aliphatic carbocycles. The molecule has 1 unspecified atom stereocenters. The van der Waals surface area contributed by atoms with Gasteiger partial charge in [-0.2, -0.15) is 0 Å². The van der Waals surface area contributed by atoms with Gasteiger partial charge in [-0.3, -0.25) is 0 Å². The van der Waals surface area contributed by atoms with Gasteiger partial charge in [-0.15, -0.1) is 0 Å². The normalized spacial score (nSPS) is 19.9. The first-order valence-corrected chi connectivity index (χ1v) is 19.4. The Balaban J connectivity index is 1.67. The number of sulfonamides is 1. The molecule has 2 aliphatic heterocycles. The van der Waals surface area contributed by atoms with Crippen molar-refractivity contribution < 1.29 is 22.5 Å². The van der Waals surface area contributed by atoms with Gasteiger partial charge in [0.2, 0.25) is 0 Å². The topological polar surface area (TPSA) is 80.8 Å². The molecule has 0 aromatic heterocycles. The summed E-state index contributed by atoms with van der Waals surface area (Å²) in [4.78, 5) is 30.9. The average molecular weight is 680 g/mol. The number of nitrogens with zero attached hydrogens (tertiary/aromatic N) is 1. The summed E-state index contributed by atoms with van der Waals surface area (Å²) in [5, 5.41) is -0.397. The molecule has 6 aromatic rings. The molecule has 0 spiro atoms. The van der Waals surface area contributed by atoms with Crippen molar-refractivity contribution >= 4 is 50.2 Å². The summed E-state index contributed by atoms with van der Waals surface area (Å²) >= 11 is 0. The van der Waals surface area contributed by atoms with Crippen LogP contribution in [-0.4, -0.2) is 29.7 Å². The molecule has 0 N–H and O–H groups in total. The molecule has 240 valence electrons. The van der Waals surface area contributed by atoms with E-state index in [2.05, 4.69) is 0 Å². The van der Waals surface area contributed by atoms with Crippen LogP contribution in [0.4, 0.5) is 0 Å². The fourth-order valence-electron chi connectivity index (χ4n) is 7.64. The summed E-state index contributed by atoms with van der Waals surface area (Å²) in [6.45, 7) is -5.04. The maximum atomic E-state index is 16.0. The molecule has 1 amide bonds. The molecule has 0 bridgehead atoms. The number of carbonyl (C=O) groups excluding carboxylic acids is 2. The van der Waals surface area contributed by atoms with Crippen LogP contribution in [0.2, 0.25) is 0 Å². The van der Waals surface area contributed by atoms with E-state index < -0.39 is 33.8 Å². The Morgan fingerprint density at radius 1 is 0.551 bits per heavy atom.